The molecule has 5 heteroatoms. The fourth-order valence-corrected chi connectivity index (χ4v) is 3.35. The van der Waals surface area contributed by atoms with Gasteiger partial charge in [0.25, 0.3) is 0 Å². The zero-order valence-electron chi connectivity index (χ0n) is 10.8. The zero-order chi connectivity index (χ0) is 13.0. The highest BCUT2D eigenvalue weighted by atomic mass is 32.1. The molecule has 0 aromatic carbocycles. The fourth-order valence-electron chi connectivity index (χ4n) is 2.51. The van der Waals surface area contributed by atoms with Crippen LogP contribution in [0, 0.1) is 0 Å². The molecule has 2 heterocycles. The molecule has 1 aliphatic rings. The molecule has 0 saturated carbocycles. The van der Waals surface area contributed by atoms with Crippen LogP contribution in [0.1, 0.15) is 35.0 Å². The van der Waals surface area contributed by atoms with Gasteiger partial charge in [-0.05, 0) is 32.0 Å². The summed E-state index contributed by atoms with van der Waals surface area (Å²) in [4.78, 5) is 14.7. The summed E-state index contributed by atoms with van der Waals surface area (Å²) in [5.41, 5.74) is 5.85. The molecule has 100 valence electrons. The number of nitrogens with one attached hydrogen (secondary N) is 1. The molecular weight excluding hydrogens is 246 g/mol. The number of carbonyl (C=O) groups is 1. The smallest absolute Gasteiger partial charge is 0.249 e. The minimum Gasteiger partial charge on any atom is -0.366 e. The molecule has 0 aliphatic carbocycles. The van der Waals surface area contributed by atoms with Crippen LogP contribution in [-0.4, -0.2) is 36.5 Å². The molecule has 0 bridgehead atoms. The van der Waals surface area contributed by atoms with E-state index in [0.717, 1.165) is 19.6 Å². The molecule has 0 radical (unpaired) electrons. The van der Waals surface area contributed by atoms with E-state index in [4.69, 9.17) is 5.73 Å². The Hall–Kier alpha value is -0.910. The van der Waals surface area contributed by atoms with Gasteiger partial charge in [0.1, 0.15) is 0 Å². The Morgan fingerprint density at radius 1 is 1.67 bits per heavy atom. The van der Waals surface area contributed by atoms with E-state index in [9.17, 15) is 4.79 Å². The van der Waals surface area contributed by atoms with Crippen LogP contribution in [0.15, 0.2) is 11.4 Å². The lowest BCUT2D eigenvalue weighted by Gasteiger charge is -2.22. The number of likely N-dealkylation sites (tertiary alicyclic amines) is 1. The van der Waals surface area contributed by atoms with Crippen molar-refractivity contribution in [2.45, 2.75) is 32.4 Å². The van der Waals surface area contributed by atoms with Crippen LogP contribution in [0.25, 0.3) is 0 Å². The predicted octanol–water partition coefficient (Wildman–Crippen LogP) is 1.42. The van der Waals surface area contributed by atoms with Crippen LogP contribution >= 0.6 is 11.3 Å². The summed E-state index contributed by atoms with van der Waals surface area (Å²) in [5.74, 6) is -0.342. The largest absolute Gasteiger partial charge is 0.366 e. The second-order valence-electron chi connectivity index (χ2n) is 4.72. The van der Waals surface area contributed by atoms with Gasteiger partial charge in [-0.2, -0.15) is 0 Å². The predicted molar refractivity (Wildman–Crippen MR) is 74.8 cm³/mol. The zero-order valence-corrected chi connectivity index (χ0v) is 11.6. The van der Waals surface area contributed by atoms with Gasteiger partial charge in [-0.1, -0.05) is 6.92 Å². The van der Waals surface area contributed by atoms with E-state index in [0.29, 0.717) is 11.6 Å². The number of carbonyl (C=O) groups excluding carboxylic acids is 1. The number of rotatable bonds is 6. The van der Waals surface area contributed by atoms with Gasteiger partial charge in [-0.25, -0.2) is 0 Å². The van der Waals surface area contributed by atoms with E-state index in [1.165, 1.54) is 24.3 Å². The molecule has 1 unspecified atom stereocenters. The molecular formula is C13H21N3OS. The SMILES string of the molecule is CCN1CCCC1CNCc1cc(C(N)=O)cs1. The first-order valence-electron chi connectivity index (χ1n) is 6.52. The Bertz CT molecular complexity index is 405. The van der Waals surface area contributed by atoms with Crippen molar-refractivity contribution < 1.29 is 4.79 Å². The Kier molecular flexibility index (Phi) is 4.74. The monoisotopic (exact) mass is 267 g/mol. The molecule has 1 amide bonds. The van der Waals surface area contributed by atoms with Gasteiger partial charge in [-0.3, -0.25) is 9.69 Å². The van der Waals surface area contributed by atoms with Gasteiger partial charge < -0.3 is 11.1 Å². The number of hydrogen-bond donors (Lipinski definition) is 2. The van der Waals surface area contributed by atoms with E-state index < -0.39 is 0 Å². The Morgan fingerprint density at radius 3 is 3.17 bits per heavy atom. The number of likely N-dealkylation sites (N-methyl/N-ethyl adjacent to an activating group) is 1. The van der Waals surface area contributed by atoms with Gasteiger partial charge >= 0.3 is 0 Å². The minimum absolute atomic E-state index is 0.342. The van der Waals surface area contributed by atoms with Gasteiger partial charge in [0.15, 0.2) is 0 Å². The van der Waals surface area contributed by atoms with Crippen molar-refractivity contribution in [2.75, 3.05) is 19.6 Å². The van der Waals surface area contributed by atoms with E-state index in [2.05, 4.69) is 17.1 Å². The third kappa shape index (κ3) is 3.31. The molecule has 1 aromatic heterocycles. The van der Waals surface area contributed by atoms with Gasteiger partial charge in [0.2, 0.25) is 5.91 Å². The maximum Gasteiger partial charge on any atom is 0.249 e. The summed E-state index contributed by atoms with van der Waals surface area (Å²) in [6.07, 6.45) is 2.60. The second-order valence-corrected chi connectivity index (χ2v) is 5.72. The second kappa shape index (κ2) is 6.31. The van der Waals surface area contributed by atoms with Crippen LogP contribution in [0.5, 0.6) is 0 Å². The summed E-state index contributed by atoms with van der Waals surface area (Å²) in [6, 6.07) is 2.55. The summed E-state index contributed by atoms with van der Waals surface area (Å²) >= 11 is 1.59. The average Bonchev–Trinajstić information content (AvgIpc) is 2.97. The molecule has 1 fully saturated rings. The minimum atomic E-state index is -0.342. The quantitative estimate of drug-likeness (QED) is 0.819. The van der Waals surface area contributed by atoms with Crippen LogP contribution in [-0.2, 0) is 6.54 Å². The molecule has 0 spiro atoms. The van der Waals surface area contributed by atoms with E-state index in [-0.39, 0.29) is 5.91 Å². The fraction of sp³-hybridized carbons (Fsp3) is 0.615. The van der Waals surface area contributed by atoms with Crippen LogP contribution in [0.4, 0.5) is 0 Å². The maximum absolute atomic E-state index is 11.0. The summed E-state index contributed by atoms with van der Waals surface area (Å²) in [7, 11) is 0. The van der Waals surface area contributed by atoms with E-state index >= 15 is 0 Å². The van der Waals surface area contributed by atoms with Crippen molar-refractivity contribution >= 4 is 17.2 Å². The number of amides is 1. The van der Waals surface area contributed by atoms with Crippen LogP contribution in [0.3, 0.4) is 0 Å². The van der Waals surface area contributed by atoms with Crippen molar-refractivity contribution in [1.82, 2.24) is 10.2 Å². The molecule has 1 aromatic rings. The van der Waals surface area contributed by atoms with Crippen molar-refractivity contribution in [1.29, 1.82) is 0 Å². The van der Waals surface area contributed by atoms with Crippen LogP contribution in [0.2, 0.25) is 0 Å². The summed E-state index contributed by atoms with van der Waals surface area (Å²) < 4.78 is 0. The van der Waals surface area contributed by atoms with Gasteiger partial charge in [0, 0.05) is 29.4 Å². The molecule has 3 N–H and O–H groups in total. The van der Waals surface area contributed by atoms with Gasteiger partial charge in [0.05, 0.1) is 5.56 Å². The summed E-state index contributed by atoms with van der Waals surface area (Å²) in [6.45, 7) is 6.44. The van der Waals surface area contributed by atoms with Crippen molar-refractivity contribution in [3.63, 3.8) is 0 Å². The molecule has 2 rings (SSSR count). The van der Waals surface area contributed by atoms with Gasteiger partial charge in [-0.15, -0.1) is 11.3 Å². The Balaban J connectivity index is 1.76. The number of hydrogen-bond acceptors (Lipinski definition) is 4. The van der Waals surface area contributed by atoms with Crippen molar-refractivity contribution in [3.8, 4) is 0 Å². The van der Waals surface area contributed by atoms with Crippen molar-refractivity contribution in [2.24, 2.45) is 5.73 Å². The highest BCUT2D eigenvalue weighted by Crippen LogP contribution is 2.17. The first kappa shape index (κ1) is 13.5. The number of nitrogens with zero attached hydrogens (tertiary/aromatic N) is 1. The third-order valence-electron chi connectivity index (χ3n) is 3.52. The first-order valence-corrected chi connectivity index (χ1v) is 7.40. The van der Waals surface area contributed by atoms with Crippen molar-refractivity contribution in [3.05, 3.63) is 21.9 Å². The van der Waals surface area contributed by atoms with E-state index in [1.54, 1.807) is 11.3 Å². The molecule has 1 aliphatic heterocycles. The lowest BCUT2D eigenvalue weighted by atomic mass is 10.2. The first-order chi connectivity index (χ1) is 8.70. The lowest BCUT2D eigenvalue weighted by molar-refractivity contribution is 0.100. The number of nitrogens with two attached hydrogens (primary N) is 1. The average molecular weight is 267 g/mol. The topological polar surface area (TPSA) is 58.4 Å². The van der Waals surface area contributed by atoms with E-state index in [1.807, 2.05) is 11.4 Å². The standard InChI is InChI=1S/C13H21N3OS/c1-2-16-5-3-4-11(16)7-15-8-12-6-10(9-18-12)13(14)17/h6,9,11,15H,2-5,7-8H2,1H3,(H2,14,17). The highest BCUT2D eigenvalue weighted by molar-refractivity contribution is 7.10. The Labute approximate surface area is 112 Å². The molecule has 1 atom stereocenters. The molecule has 1 saturated heterocycles. The normalized spacial score (nSPS) is 20.4. The molecule has 18 heavy (non-hydrogen) atoms. The molecule has 4 nitrogen and oxygen atoms in total. The maximum atomic E-state index is 11.0. The highest BCUT2D eigenvalue weighted by Gasteiger charge is 2.22. The van der Waals surface area contributed by atoms with Crippen LogP contribution < -0.4 is 11.1 Å². The number of thiophene rings is 1. The summed E-state index contributed by atoms with van der Waals surface area (Å²) in [5, 5.41) is 5.30. The number of primary amides is 1. The third-order valence-corrected chi connectivity index (χ3v) is 4.46. The lowest BCUT2D eigenvalue weighted by Crippen LogP contribution is -2.37. The Morgan fingerprint density at radius 2 is 2.50 bits per heavy atom.